The van der Waals surface area contributed by atoms with E-state index in [1.807, 2.05) is 10.6 Å². The number of benzene rings is 1. The summed E-state index contributed by atoms with van der Waals surface area (Å²) in [5.41, 5.74) is 0.0491. The van der Waals surface area contributed by atoms with Gasteiger partial charge in [-0.2, -0.15) is 0 Å². The fraction of sp³-hybridized carbons (Fsp3) is 0.591. The Bertz CT molecular complexity index is 954. The molecule has 4 bridgehead atoms. The first kappa shape index (κ1) is 17.1. The zero-order valence-electron chi connectivity index (χ0n) is 15.7. The van der Waals surface area contributed by atoms with Gasteiger partial charge in [-0.05, 0) is 50.5 Å². The van der Waals surface area contributed by atoms with Crippen LogP contribution in [0.4, 0.5) is 4.39 Å². The Morgan fingerprint density at radius 3 is 2.61 bits per heavy atom. The van der Waals surface area contributed by atoms with Crippen LogP contribution in [0.3, 0.4) is 0 Å². The van der Waals surface area contributed by atoms with E-state index in [0.717, 1.165) is 30.5 Å². The summed E-state index contributed by atoms with van der Waals surface area (Å²) in [6.45, 7) is 0. The van der Waals surface area contributed by atoms with Crippen molar-refractivity contribution in [3.8, 4) is 11.3 Å². The molecule has 148 valence electrons. The molecule has 2 unspecified atom stereocenters. The Morgan fingerprint density at radius 1 is 1.14 bits per heavy atom. The first-order valence-corrected chi connectivity index (χ1v) is 10.2. The van der Waals surface area contributed by atoms with Crippen LogP contribution in [0.15, 0.2) is 30.7 Å². The van der Waals surface area contributed by atoms with Gasteiger partial charge in [0.05, 0.1) is 41.6 Å². The topological polar surface area (TPSA) is 78.5 Å². The van der Waals surface area contributed by atoms with Gasteiger partial charge in [0, 0.05) is 23.0 Å². The molecule has 1 aliphatic heterocycles. The zero-order chi connectivity index (χ0) is 19.3. The fourth-order valence-corrected chi connectivity index (χ4v) is 7.47. The highest BCUT2D eigenvalue weighted by molar-refractivity contribution is 5.69. The summed E-state index contributed by atoms with van der Waals surface area (Å²) in [5, 5.41) is 33.5. The molecule has 5 aliphatic rings. The molecule has 4 saturated carbocycles. The Kier molecular flexibility index (Phi) is 3.20. The van der Waals surface area contributed by atoms with E-state index in [1.165, 1.54) is 6.07 Å². The average molecular weight is 384 g/mol. The number of hydrogen-bond acceptors (Lipinski definition) is 4. The quantitative estimate of drug-likeness (QED) is 0.760. The van der Waals surface area contributed by atoms with Crippen LogP contribution in [0.2, 0.25) is 0 Å². The van der Waals surface area contributed by atoms with Crippen LogP contribution >= 0.6 is 0 Å². The molecule has 0 saturated heterocycles. The number of hydrogen-bond donors (Lipinski definition) is 3. The van der Waals surface area contributed by atoms with Crippen molar-refractivity contribution in [3.05, 3.63) is 42.1 Å². The summed E-state index contributed by atoms with van der Waals surface area (Å²) < 4.78 is 16.7. The van der Waals surface area contributed by atoms with Crippen molar-refractivity contribution >= 4 is 0 Å². The maximum absolute atomic E-state index is 14.7. The van der Waals surface area contributed by atoms with Crippen LogP contribution in [0.1, 0.15) is 56.6 Å². The fourth-order valence-electron chi connectivity index (χ4n) is 7.47. The van der Waals surface area contributed by atoms with E-state index < -0.39 is 22.7 Å². The SMILES string of the molecule is O[C@@H](C[C@H]1c2c(F)cccc2-c2cncn21)C12CC3CC(O)(CC(O)(C3)C1)C2. The van der Waals surface area contributed by atoms with Gasteiger partial charge in [0.25, 0.3) is 0 Å². The molecule has 2 aromatic rings. The second kappa shape index (κ2) is 5.23. The molecular weight excluding hydrogens is 359 g/mol. The largest absolute Gasteiger partial charge is 0.392 e. The molecule has 7 rings (SSSR count). The van der Waals surface area contributed by atoms with Crippen molar-refractivity contribution in [2.24, 2.45) is 11.3 Å². The van der Waals surface area contributed by atoms with Gasteiger partial charge in [0.2, 0.25) is 0 Å². The molecule has 0 radical (unpaired) electrons. The number of aromatic nitrogens is 2. The molecule has 4 fully saturated rings. The van der Waals surface area contributed by atoms with Crippen molar-refractivity contribution in [3.63, 3.8) is 0 Å². The summed E-state index contributed by atoms with van der Waals surface area (Å²) in [6, 6.07) is 4.75. The Hall–Kier alpha value is -1.76. The van der Waals surface area contributed by atoms with Crippen LogP contribution in [0, 0.1) is 17.2 Å². The van der Waals surface area contributed by atoms with Gasteiger partial charge in [-0.3, -0.25) is 0 Å². The van der Waals surface area contributed by atoms with E-state index in [2.05, 4.69) is 4.98 Å². The first-order valence-electron chi connectivity index (χ1n) is 10.2. The summed E-state index contributed by atoms with van der Waals surface area (Å²) in [6.07, 6.45) is 6.79. The minimum atomic E-state index is -0.881. The lowest BCUT2D eigenvalue weighted by molar-refractivity contribution is -0.252. The highest BCUT2D eigenvalue weighted by Gasteiger charge is 2.64. The van der Waals surface area contributed by atoms with Crippen LogP contribution in [-0.4, -0.2) is 42.2 Å². The molecule has 4 aliphatic carbocycles. The number of aliphatic hydroxyl groups is 3. The van der Waals surface area contributed by atoms with Crippen LogP contribution < -0.4 is 0 Å². The Balaban J connectivity index is 1.37. The normalized spacial score (nSPS) is 41.1. The predicted octanol–water partition coefficient (Wildman–Crippen LogP) is 2.79. The smallest absolute Gasteiger partial charge is 0.129 e. The lowest BCUT2D eigenvalue weighted by Crippen LogP contribution is -2.65. The lowest BCUT2D eigenvalue weighted by Gasteiger charge is -2.64. The third kappa shape index (κ3) is 2.19. The summed E-state index contributed by atoms with van der Waals surface area (Å²) in [4.78, 5) is 4.22. The summed E-state index contributed by atoms with van der Waals surface area (Å²) >= 11 is 0. The van der Waals surface area contributed by atoms with Crippen LogP contribution in [0.5, 0.6) is 0 Å². The molecule has 1 aromatic carbocycles. The van der Waals surface area contributed by atoms with E-state index >= 15 is 0 Å². The minimum absolute atomic E-state index is 0.248. The number of fused-ring (bicyclic) bond motifs is 3. The highest BCUT2D eigenvalue weighted by atomic mass is 19.1. The molecule has 2 heterocycles. The second-order valence-corrected chi connectivity index (χ2v) is 9.97. The maximum atomic E-state index is 14.7. The van der Waals surface area contributed by atoms with Gasteiger partial charge in [0.15, 0.2) is 0 Å². The molecular formula is C22H25FN2O3. The standard InChI is InChI=1S/C22H25FN2O3/c23-15-3-1-2-14-17-8-24-12-25(17)16(19(14)15)4-18(26)20-5-13-6-21(27,9-20)11-22(28,7-13)10-20/h1-3,8,12-13,16,18,26-28H,4-7,9-11H2/t13?,16-,18-,20?,21?,22?/m0/s1. The second-order valence-electron chi connectivity index (χ2n) is 9.97. The summed E-state index contributed by atoms with van der Waals surface area (Å²) in [5.74, 6) is -0.0153. The van der Waals surface area contributed by atoms with Crippen molar-refractivity contribution in [2.75, 3.05) is 0 Å². The Morgan fingerprint density at radius 2 is 1.89 bits per heavy atom. The van der Waals surface area contributed by atoms with Gasteiger partial charge >= 0.3 is 0 Å². The van der Waals surface area contributed by atoms with Gasteiger partial charge in [-0.1, -0.05) is 12.1 Å². The molecule has 0 spiro atoms. The van der Waals surface area contributed by atoms with Gasteiger partial charge in [-0.25, -0.2) is 9.37 Å². The number of nitrogens with zero attached hydrogens (tertiary/aromatic N) is 2. The van der Waals surface area contributed by atoms with Crippen LogP contribution in [-0.2, 0) is 0 Å². The average Bonchev–Trinajstić information content (AvgIpc) is 3.15. The van der Waals surface area contributed by atoms with E-state index in [0.29, 0.717) is 31.2 Å². The van der Waals surface area contributed by atoms with Gasteiger partial charge in [-0.15, -0.1) is 0 Å². The molecule has 6 heteroatoms. The van der Waals surface area contributed by atoms with Crippen molar-refractivity contribution < 1.29 is 19.7 Å². The van der Waals surface area contributed by atoms with E-state index in [4.69, 9.17) is 0 Å². The molecule has 0 amide bonds. The molecule has 1 aromatic heterocycles. The third-order valence-electron chi connectivity index (χ3n) is 7.87. The van der Waals surface area contributed by atoms with E-state index in [-0.39, 0.29) is 17.8 Å². The monoisotopic (exact) mass is 384 g/mol. The number of imidazole rings is 1. The molecule has 28 heavy (non-hydrogen) atoms. The third-order valence-corrected chi connectivity index (χ3v) is 7.87. The number of aliphatic hydroxyl groups excluding tert-OH is 1. The van der Waals surface area contributed by atoms with Crippen molar-refractivity contribution in [1.82, 2.24) is 9.55 Å². The lowest BCUT2D eigenvalue weighted by atomic mass is 9.44. The summed E-state index contributed by atoms with van der Waals surface area (Å²) in [7, 11) is 0. The van der Waals surface area contributed by atoms with Crippen molar-refractivity contribution in [1.29, 1.82) is 0 Å². The Labute approximate surface area is 162 Å². The minimum Gasteiger partial charge on any atom is -0.392 e. The highest BCUT2D eigenvalue weighted by Crippen LogP contribution is 2.65. The molecule has 5 nitrogen and oxygen atoms in total. The zero-order valence-corrected chi connectivity index (χ0v) is 15.7. The van der Waals surface area contributed by atoms with Crippen molar-refractivity contribution in [2.45, 2.75) is 68.3 Å². The molecule has 4 atom stereocenters. The van der Waals surface area contributed by atoms with Gasteiger partial charge in [0.1, 0.15) is 5.82 Å². The number of rotatable bonds is 3. The van der Waals surface area contributed by atoms with Crippen LogP contribution in [0.25, 0.3) is 11.3 Å². The number of halogens is 1. The van der Waals surface area contributed by atoms with E-state index in [9.17, 15) is 19.7 Å². The van der Waals surface area contributed by atoms with Gasteiger partial charge < -0.3 is 19.9 Å². The maximum Gasteiger partial charge on any atom is 0.129 e. The predicted molar refractivity (Wildman–Crippen MR) is 99.9 cm³/mol. The first-order chi connectivity index (χ1) is 13.3. The molecule has 3 N–H and O–H groups in total. The van der Waals surface area contributed by atoms with E-state index in [1.54, 1.807) is 18.6 Å².